The molecule has 0 amide bonds. The average Bonchev–Trinajstić information content (AvgIpc) is 2.50. The number of nitrogens with zero attached hydrogens (tertiary/aromatic N) is 2. The quantitative estimate of drug-likeness (QED) is 0.878. The van der Waals surface area contributed by atoms with Crippen LogP contribution in [0.2, 0.25) is 0 Å². The lowest BCUT2D eigenvalue weighted by Gasteiger charge is -2.08. The van der Waals surface area contributed by atoms with E-state index >= 15 is 0 Å². The van der Waals surface area contributed by atoms with E-state index in [4.69, 9.17) is 0 Å². The molecule has 80 valence electrons. The van der Waals surface area contributed by atoms with Crippen LogP contribution >= 0.6 is 15.9 Å². The first-order valence-electron chi connectivity index (χ1n) is 4.20. The van der Waals surface area contributed by atoms with Gasteiger partial charge in [0.15, 0.2) is 9.84 Å². The van der Waals surface area contributed by atoms with Gasteiger partial charge in [-0.05, 0) is 22.0 Å². The molecule has 1 N–H and O–H groups in total. The van der Waals surface area contributed by atoms with E-state index in [1.54, 1.807) is 18.5 Å². The van der Waals surface area contributed by atoms with Crippen LogP contribution in [0.15, 0.2) is 28.4 Å². The molecule has 1 aliphatic heterocycles. The molecule has 0 spiro atoms. The maximum absolute atomic E-state index is 11.1. The van der Waals surface area contributed by atoms with Gasteiger partial charge in [-0.15, -0.1) is 0 Å². The second-order valence-electron chi connectivity index (χ2n) is 3.13. The molecule has 0 saturated heterocycles. The van der Waals surface area contributed by atoms with Crippen LogP contribution in [-0.4, -0.2) is 30.2 Å². The average molecular weight is 290 g/mol. The van der Waals surface area contributed by atoms with Crippen molar-refractivity contribution in [2.75, 3.05) is 11.1 Å². The molecule has 1 aromatic rings. The second-order valence-corrected chi connectivity index (χ2v) is 5.98. The van der Waals surface area contributed by atoms with E-state index in [0.717, 1.165) is 4.47 Å². The maximum Gasteiger partial charge on any atom is 0.223 e. The molecule has 1 atom stereocenters. The zero-order chi connectivity index (χ0) is 10.9. The van der Waals surface area contributed by atoms with Gasteiger partial charge in [0, 0.05) is 17.8 Å². The molecule has 0 aliphatic carbocycles. The minimum Gasteiger partial charge on any atom is -0.347 e. The third-order valence-corrected chi connectivity index (χ3v) is 3.67. The Kier molecular flexibility index (Phi) is 2.74. The highest BCUT2D eigenvalue weighted by Gasteiger charge is 2.21. The van der Waals surface area contributed by atoms with Gasteiger partial charge in [0.05, 0.1) is 16.3 Å². The van der Waals surface area contributed by atoms with Crippen molar-refractivity contribution in [2.24, 2.45) is 0 Å². The first kappa shape index (κ1) is 10.6. The first-order valence-corrected chi connectivity index (χ1v) is 6.71. The molecule has 0 fully saturated rings. The van der Waals surface area contributed by atoms with E-state index in [9.17, 15) is 8.42 Å². The van der Waals surface area contributed by atoms with Crippen LogP contribution in [0.1, 0.15) is 0 Å². The van der Waals surface area contributed by atoms with Crippen molar-refractivity contribution in [3.8, 4) is 0 Å². The van der Waals surface area contributed by atoms with Gasteiger partial charge >= 0.3 is 0 Å². The summed E-state index contributed by atoms with van der Waals surface area (Å²) in [6.07, 6.45) is 4.80. The summed E-state index contributed by atoms with van der Waals surface area (Å²) in [4.78, 5) is 7.98. The lowest BCUT2D eigenvalue weighted by Crippen LogP contribution is -2.22. The van der Waals surface area contributed by atoms with E-state index in [1.807, 2.05) is 0 Å². The summed E-state index contributed by atoms with van der Waals surface area (Å²) < 4.78 is 23.0. The third-order valence-electron chi connectivity index (χ3n) is 1.86. The van der Waals surface area contributed by atoms with Gasteiger partial charge in [-0.3, -0.25) is 0 Å². The molecule has 5 nitrogen and oxygen atoms in total. The second kappa shape index (κ2) is 3.90. The summed E-state index contributed by atoms with van der Waals surface area (Å²) in [5.41, 5.74) is 0. The van der Waals surface area contributed by atoms with Crippen molar-refractivity contribution >= 4 is 31.7 Å². The highest BCUT2D eigenvalue weighted by Crippen LogP contribution is 2.13. The van der Waals surface area contributed by atoms with Gasteiger partial charge in [-0.25, -0.2) is 18.4 Å². The van der Waals surface area contributed by atoms with E-state index in [2.05, 4.69) is 31.2 Å². The number of sulfone groups is 1. The summed E-state index contributed by atoms with van der Waals surface area (Å²) in [6, 6.07) is -0.240. The molecule has 2 heterocycles. The van der Waals surface area contributed by atoms with Crippen molar-refractivity contribution in [2.45, 2.75) is 6.04 Å². The molecule has 0 saturated carbocycles. The number of halogens is 1. The minimum absolute atomic E-state index is 0.0619. The van der Waals surface area contributed by atoms with Crippen LogP contribution in [0, 0.1) is 0 Å². The fourth-order valence-electron chi connectivity index (χ4n) is 1.22. The van der Waals surface area contributed by atoms with E-state index in [1.165, 1.54) is 5.41 Å². The van der Waals surface area contributed by atoms with Crippen molar-refractivity contribution in [1.82, 2.24) is 9.97 Å². The van der Waals surface area contributed by atoms with Crippen LogP contribution in [0.3, 0.4) is 0 Å². The summed E-state index contributed by atoms with van der Waals surface area (Å²) in [5, 5.41) is 4.13. The minimum atomic E-state index is -3.03. The van der Waals surface area contributed by atoms with Crippen LogP contribution in [0.5, 0.6) is 0 Å². The molecule has 15 heavy (non-hydrogen) atoms. The van der Waals surface area contributed by atoms with Gasteiger partial charge in [0.2, 0.25) is 5.95 Å². The fourth-order valence-corrected chi connectivity index (χ4v) is 2.66. The van der Waals surface area contributed by atoms with Crippen molar-refractivity contribution < 1.29 is 8.42 Å². The molecule has 7 heteroatoms. The Hall–Kier alpha value is -0.950. The molecular weight excluding hydrogens is 282 g/mol. The van der Waals surface area contributed by atoms with Gasteiger partial charge in [0.1, 0.15) is 0 Å². The van der Waals surface area contributed by atoms with Gasteiger partial charge in [0.25, 0.3) is 0 Å². The SMILES string of the molecule is O=S1(=O)C=CC(Nc2ncc(Br)cn2)C1. The Morgan fingerprint density at radius 2 is 2.07 bits per heavy atom. The number of hydrogen-bond acceptors (Lipinski definition) is 5. The zero-order valence-electron chi connectivity index (χ0n) is 7.59. The number of hydrogen-bond donors (Lipinski definition) is 1. The normalized spacial score (nSPS) is 22.9. The largest absolute Gasteiger partial charge is 0.347 e. The van der Waals surface area contributed by atoms with Gasteiger partial charge in [-0.1, -0.05) is 0 Å². The summed E-state index contributed by atoms with van der Waals surface area (Å²) in [5.74, 6) is 0.483. The summed E-state index contributed by atoms with van der Waals surface area (Å²) >= 11 is 3.21. The predicted octanol–water partition coefficient (Wildman–Crippen LogP) is 0.962. The molecule has 1 unspecified atom stereocenters. The van der Waals surface area contributed by atoms with Crippen LogP contribution in [0.25, 0.3) is 0 Å². The molecule has 2 rings (SSSR count). The number of anilines is 1. The third kappa shape index (κ3) is 2.75. The smallest absolute Gasteiger partial charge is 0.223 e. The summed E-state index contributed by atoms with van der Waals surface area (Å²) in [7, 11) is -3.03. The zero-order valence-corrected chi connectivity index (χ0v) is 9.99. The Morgan fingerprint density at radius 3 is 2.60 bits per heavy atom. The number of nitrogens with one attached hydrogen (secondary N) is 1. The Morgan fingerprint density at radius 1 is 1.40 bits per heavy atom. The Balaban J connectivity index is 2.05. The Labute approximate surface area is 95.7 Å². The van der Waals surface area contributed by atoms with Crippen LogP contribution in [0.4, 0.5) is 5.95 Å². The van der Waals surface area contributed by atoms with Gasteiger partial charge in [-0.2, -0.15) is 0 Å². The molecular formula is C8H8BrN3O2S. The van der Waals surface area contributed by atoms with E-state index in [0.29, 0.717) is 5.95 Å². The summed E-state index contributed by atoms with van der Waals surface area (Å²) in [6.45, 7) is 0. The highest BCUT2D eigenvalue weighted by molar-refractivity contribution is 9.10. The monoisotopic (exact) mass is 289 g/mol. The van der Waals surface area contributed by atoms with Crippen molar-refractivity contribution in [3.05, 3.63) is 28.4 Å². The fraction of sp³-hybridized carbons (Fsp3) is 0.250. The standard InChI is InChI=1S/C8H8BrN3O2S/c9-6-3-10-8(11-4-6)12-7-1-2-15(13,14)5-7/h1-4,7H,5H2,(H,10,11,12). The maximum atomic E-state index is 11.1. The van der Waals surface area contributed by atoms with E-state index in [-0.39, 0.29) is 11.8 Å². The van der Waals surface area contributed by atoms with Crippen molar-refractivity contribution in [3.63, 3.8) is 0 Å². The first-order chi connectivity index (χ1) is 7.05. The number of rotatable bonds is 2. The van der Waals surface area contributed by atoms with Gasteiger partial charge < -0.3 is 5.32 Å². The van der Waals surface area contributed by atoms with E-state index < -0.39 is 9.84 Å². The Bertz CT molecular complexity index is 483. The predicted molar refractivity (Wildman–Crippen MR) is 60.1 cm³/mol. The molecule has 0 aromatic carbocycles. The highest BCUT2D eigenvalue weighted by atomic mass is 79.9. The van der Waals surface area contributed by atoms with Crippen LogP contribution in [-0.2, 0) is 9.84 Å². The molecule has 0 radical (unpaired) electrons. The topological polar surface area (TPSA) is 72.0 Å². The van der Waals surface area contributed by atoms with Crippen molar-refractivity contribution in [1.29, 1.82) is 0 Å². The van der Waals surface area contributed by atoms with Crippen LogP contribution < -0.4 is 5.32 Å². The lowest BCUT2D eigenvalue weighted by atomic mass is 10.3. The molecule has 1 aromatic heterocycles. The molecule has 0 bridgehead atoms. The number of aromatic nitrogens is 2. The molecule has 1 aliphatic rings. The lowest BCUT2D eigenvalue weighted by molar-refractivity contribution is 0.605.